The topological polar surface area (TPSA) is 76.4 Å². The second-order valence-corrected chi connectivity index (χ2v) is 11.2. The van der Waals surface area contributed by atoms with E-state index in [4.69, 9.17) is 15.7 Å². The van der Waals surface area contributed by atoms with Gasteiger partial charge in [-0.3, -0.25) is 4.40 Å². The monoisotopic (exact) mass is 468 g/mol. The first-order valence-corrected chi connectivity index (χ1v) is 12.6. The van der Waals surface area contributed by atoms with E-state index in [1.165, 1.54) is 10.4 Å². The third-order valence-corrected chi connectivity index (χ3v) is 7.90. The van der Waals surface area contributed by atoms with E-state index in [1.54, 1.807) is 11.3 Å². The highest BCUT2D eigenvalue weighted by Gasteiger charge is 2.49. The quantitative estimate of drug-likeness (QED) is 0.334. The number of rotatable bonds is 4. The third kappa shape index (κ3) is 3.45. The van der Waals surface area contributed by atoms with Crippen LogP contribution in [0.15, 0.2) is 66.3 Å². The highest BCUT2D eigenvalue weighted by molar-refractivity contribution is 7.13. The van der Waals surface area contributed by atoms with Crippen LogP contribution in [0.25, 0.3) is 38.4 Å². The maximum Gasteiger partial charge on any atom is 0.147 e. The highest BCUT2D eigenvalue weighted by atomic mass is 32.1. The zero-order chi connectivity index (χ0) is 23.7. The van der Waals surface area contributed by atoms with E-state index in [2.05, 4.69) is 78.4 Å². The molecule has 0 atom stereocenters. The molecule has 5 aromatic rings. The van der Waals surface area contributed by atoms with E-state index in [1.807, 2.05) is 13.1 Å². The van der Waals surface area contributed by atoms with E-state index < -0.39 is 11.1 Å². The van der Waals surface area contributed by atoms with Gasteiger partial charge in [0.2, 0.25) is 0 Å². The summed E-state index contributed by atoms with van der Waals surface area (Å²) in [4.78, 5) is 11.1. The van der Waals surface area contributed by atoms with Gasteiger partial charge in [0.25, 0.3) is 0 Å². The van der Waals surface area contributed by atoms with Crippen LogP contribution in [-0.4, -0.2) is 25.1 Å². The lowest BCUT2D eigenvalue weighted by Crippen LogP contribution is -2.58. The summed E-state index contributed by atoms with van der Waals surface area (Å²) in [5, 5.41) is 13.3. The van der Waals surface area contributed by atoms with Crippen molar-refractivity contribution in [1.82, 2.24) is 14.4 Å². The molecule has 0 unspecified atom stereocenters. The number of hydrogen-bond donors (Lipinski definition) is 2. The van der Waals surface area contributed by atoms with Crippen LogP contribution in [-0.2, 0) is 5.54 Å². The normalized spacial score (nSPS) is 22.5. The van der Waals surface area contributed by atoms with Crippen molar-refractivity contribution >= 4 is 28.0 Å². The Morgan fingerprint density at radius 1 is 1.12 bits per heavy atom. The molecule has 0 saturated heterocycles. The molecule has 0 amide bonds. The molecule has 172 valence electrons. The Balaban J connectivity index is 1.52. The van der Waals surface area contributed by atoms with Crippen LogP contribution in [0.5, 0.6) is 0 Å². The van der Waals surface area contributed by atoms with Gasteiger partial charge >= 0.3 is 0 Å². The maximum atomic E-state index is 10.2. The molecule has 6 heteroatoms. The number of thiophene rings is 1. The number of pyridine rings is 1. The van der Waals surface area contributed by atoms with Crippen LogP contribution in [0.3, 0.4) is 0 Å². The zero-order valence-electron chi connectivity index (χ0n) is 19.6. The van der Waals surface area contributed by atoms with Crippen LogP contribution >= 0.6 is 11.3 Å². The summed E-state index contributed by atoms with van der Waals surface area (Å²) >= 11 is 1.71. The average molecular weight is 469 g/mol. The molecule has 34 heavy (non-hydrogen) atoms. The van der Waals surface area contributed by atoms with E-state index in [9.17, 15) is 5.11 Å². The van der Waals surface area contributed by atoms with Crippen molar-refractivity contribution in [3.63, 3.8) is 0 Å². The van der Waals surface area contributed by atoms with Gasteiger partial charge in [0.15, 0.2) is 0 Å². The van der Waals surface area contributed by atoms with Gasteiger partial charge in [0.05, 0.1) is 11.3 Å². The molecule has 4 heterocycles. The largest absolute Gasteiger partial charge is 0.390 e. The summed E-state index contributed by atoms with van der Waals surface area (Å²) < 4.78 is 2.10. The molecule has 0 spiro atoms. The van der Waals surface area contributed by atoms with Gasteiger partial charge in [-0.2, -0.15) is 0 Å². The van der Waals surface area contributed by atoms with E-state index in [0.29, 0.717) is 18.8 Å². The Morgan fingerprint density at radius 3 is 2.53 bits per heavy atom. The van der Waals surface area contributed by atoms with Crippen molar-refractivity contribution in [3.8, 4) is 21.7 Å². The summed E-state index contributed by atoms with van der Waals surface area (Å²) in [6, 6.07) is 16.9. The number of benzene rings is 1. The SMILES string of the molecule is CC(C)c1cc2ncc3cc(-c4cccs4)c(-c4ccc(C5(N)CC(C)(O)C5)cc4)nc3n2c1. The molecule has 0 aliphatic heterocycles. The smallest absolute Gasteiger partial charge is 0.147 e. The summed E-state index contributed by atoms with van der Waals surface area (Å²) in [7, 11) is 0. The predicted octanol–water partition coefficient (Wildman–Crippen LogP) is 6.10. The van der Waals surface area contributed by atoms with Crippen LogP contribution in [0, 0.1) is 0 Å². The third-order valence-electron chi connectivity index (χ3n) is 6.99. The number of aliphatic hydroxyl groups is 1. The van der Waals surface area contributed by atoms with Crippen LogP contribution in [0.1, 0.15) is 50.7 Å². The van der Waals surface area contributed by atoms with E-state index in [-0.39, 0.29) is 0 Å². The molecule has 1 aromatic carbocycles. The molecule has 0 bridgehead atoms. The van der Waals surface area contributed by atoms with Gasteiger partial charge < -0.3 is 10.8 Å². The second kappa shape index (κ2) is 7.47. The first-order chi connectivity index (χ1) is 16.2. The van der Waals surface area contributed by atoms with Crippen molar-refractivity contribution in [1.29, 1.82) is 0 Å². The Kier molecular flexibility index (Phi) is 4.72. The number of nitrogens with two attached hydrogens (primary N) is 1. The number of hydrogen-bond acceptors (Lipinski definition) is 5. The lowest BCUT2D eigenvalue weighted by molar-refractivity contribution is -0.0738. The minimum absolute atomic E-state index is 0.421. The molecule has 6 rings (SSSR count). The fraction of sp³-hybridized carbons (Fsp3) is 0.286. The minimum Gasteiger partial charge on any atom is -0.390 e. The molecule has 4 aromatic heterocycles. The summed E-state index contributed by atoms with van der Waals surface area (Å²) in [6.07, 6.45) is 5.22. The van der Waals surface area contributed by atoms with E-state index in [0.717, 1.165) is 39.1 Å². The fourth-order valence-corrected chi connectivity index (χ4v) is 6.05. The fourth-order valence-electron chi connectivity index (χ4n) is 5.31. The lowest BCUT2D eigenvalue weighted by atomic mass is 9.63. The Morgan fingerprint density at radius 2 is 1.88 bits per heavy atom. The molecule has 1 aliphatic rings. The van der Waals surface area contributed by atoms with Crippen LogP contribution in [0.4, 0.5) is 0 Å². The first-order valence-electron chi connectivity index (χ1n) is 11.7. The van der Waals surface area contributed by atoms with Gasteiger partial charge in [0, 0.05) is 39.3 Å². The van der Waals surface area contributed by atoms with Gasteiger partial charge in [0.1, 0.15) is 11.3 Å². The van der Waals surface area contributed by atoms with Crippen LogP contribution < -0.4 is 5.73 Å². The summed E-state index contributed by atoms with van der Waals surface area (Å²) in [5.74, 6) is 0.421. The van der Waals surface area contributed by atoms with Gasteiger partial charge in [-0.05, 0) is 60.4 Å². The molecule has 1 saturated carbocycles. The lowest BCUT2D eigenvalue weighted by Gasteiger charge is -2.49. The zero-order valence-corrected chi connectivity index (χ0v) is 20.4. The minimum atomic E-state index is -0.676. The van der Waals surface area contributed by atoms with Crippen molar-refractivity contribution < 1.29 is 5.11 Å². The molecule has 0 radical (unpaired) electrons. The Hall–Kier alpha value is -3.06. The van der Waals surface area contributed by atoms with Gasteiger partial charge in [-0.25, -0.2) is 9.97 Å². The van der Waals surface area contributed by atoms with Gasteiger partial charge in [-0.1, -0.05) is 44.2 Å². The molecular formula is C28H28N4OS. The Bertz CT molecular complexity index is 1510. The standard InChI is InChI=1S/C28H28N4OS/c1-17(2)20-12-24-30-13-19-11-22(23-5-4-10-34-23)25(31-26(19)32(24)14-20)18-6-8-21(9-7-18)28(29)15-27(3,33)16-28/h4-14,17,33H,15-16,29H2,1-3H3. The Labute approximate surface area is 202 Å². The van der Waals surface area contributed by atoms with Crippen molar-refractivity contribution in [2.24, 2.45) is 5.73 Å². The highest BCUT2D eigenvalue weighted by Crippen LogP contribution is 2.46. The predicted molar refractivity (Wildman–Crippen MR) is 139 cm³/mol. The van der Waals surface area contributed by atoms with Crippen molar-refractivity contribution in [2.75, 3.05) is 0 Å². The van der Waals surface area contributed by atoms with Gasteiger partial charge in [-0.15, -0.1) is 11.3 Å². The molecule has 5 nitrogen and oxygen atoms in total. The maximum absolute atomic E-state index is 10.2. The number of fused-ring (bicyclic) bond motifs is 3. The molecule has 1 aliphatic carbocycles. The van der Waals surface area contributed by atoms with E-state index >= 15 is 0 Å². The van der Waals surface area contributed by atoms with Crippen molar-refractivity contribution in [2.45, 2.75) is 50.7 Å². The average Bonchev–Trinajstić information content (AvgIpc) is 3.47. The summed E-state index contributed by atoms with van der Waals surface area (Å²) in [6.45, 7) is 6.23. The number of aromatic nitrogens is 3. The summed E-state index contributed by atoms with van der Waals surface area (Å²) in [5.41, 5.74) is 12.6. The number of nitrogens with zero attached hydrogens (tertiary/aromatic N) is 3. The second-order valence-electron chi connectivity index (χ2n) is 10.3. The molecular weight excluding hydrogens is 440 g/mol. The first kappa shape index (κ1) is 21.5. The van der Waals surface area contributed by atoms with Crippen LogP contribution in [0.2, 0.25) is 0 Å². The molecule has 3 N–H and O–H groups in total. The molecule has 1 fully saturated rings. The van der Waals surface area contributed by atoms with Crippen molar-refractivity contribution in [3.05, 3.63) is 77.4 Å².